The number of aliphatic hydroxyl groups is 1. The summed E-state index contributed by atoms with van der Waals surface area (Å²) in [5.41, 5.74) is 0.772. The molecule has 0 radical (unpaired) electrons. The summed E-state index contributed by atoms with van der Waals surface area (Å²) in [7, 11) is 0. The number of pyridine rings is 2. The lowest BCUT2D eigenvalue weighted by Crippen LogP contribution is -2.21. The van der Waals surface area contributed by atoms with Crippen LogP contribution in [0.15, 0.2) is 36.8 Å². The fourth-order valence-electron chi connectivity index (χ4n) is 2.00. The van der Waals surface area contributed by atoms with E-state index in [0.717, 1.165) is 5.56 Å². The number of hydrogen-bond donors (Lipinski definition) is 2. The Labute approximate surface area is 132 Å². The zero-order chi connectivity index (χ0) is 15.9. The lowest BCUT2D eigenvalue weighted by atomic mass is 10.0. The summed E-state index contributed by atoms with van der Waals surface area (Å²) in [5.74, 6) is 0.0354. The van der Waals surface area contributed by atoms with E-state index in [1.54, 1.807) is 18.5 Å². The van der Waals surface area contributed by atoms with Gasteiger partial charge in [0.15, 0.2) is 0 Å². The van der Waals surface area contributed by atoms with Crippen molar-refractivity contribution < 1.29 is 10.0 Å². The Morgan fingerprint density at radius 1 is 1.41 bits per heavy atom. The van der Waals surface area contributed by atoms with Crippen LogP contribution in [0.1, 0.15) is 5.56 Å². The molecule has 2 aromatic heterocycles. The number of nitro groups is 1. The molecular formula is C14H15ClN4O3. The van der Waals surface area contributed by atoms with Crippen LogP contribution in [-0.4, -0.2) is 33.1 Å². The highest BCUT2D eigenvalue weighted by atomic mass is 35.5. The minimum Gasteiger partial charge on any atom is -0.396 e. The molecule has 116 valence electrons. The summed E-state index contributed by atoms with van der Waals surface area (Å²) < 4.78 is 0. The van der Waals surface area contributed by atoms with E-state index in [0.29, 0.717) is 18.0 Å². The zero-order valence-electron chi connectivity index (χ0n) is 11.6. The van der Waals surface area contributed by atoms with Gasteiger partial charge < -0.3 is 10.4 Å². The molecule has 2 heterocycles. The average Bonchev–Trinajstić information content (AvgIpc) is 2.53. The molecule has 8 heteroatoms. The van der Waals surface area contributed by atoms with Crippen LogP contribution in [0, 0.1) is 16.0 Å². The maximum absolute atomic E-state index is 10.9. The molecule has 0 aliphatic carbocycles. The summed E-state index contributed by atoms with van der Waals surface area (Å²) in [6.45, 7) is 0.263. The van der Waals surface area contributed by atoms with Crippen molar-refractivity contribution >= 4 is 23.1 Å². The molecule has 2 N–H and O–H groups in total. The van der Waals surface area contributed by atoms with Crippen LogP contribution in [0.3, 0.4) is 0 Å². The molecule has 0 bridgehead atoms. The molecule has 0 spiro atoms. The monoisotopic (exact) mass is 322 g/mol. The Morgan fingerprint density at radius 3 is 2.91 bits per heavy atom. The van der Waals surface area contributed by atoms with E-state index in [9.17, 15) is 15.2 Å². The fourth-order valence-corrected chi connectivity index (χ4v) is 2.20. The van der Waals surface area contributed by atoms with E-state index in [-0.39, 0.29) is 24.0 Å². The largest absolute Gasteiger partial charge is 0.396 e. The van der Waals surface area contributed by atoms with Crippen LogP contribution < -0.4 is 5.32 Å². The molecule has 0 unspecified atom stereocenters. The first-order chi connectivity index (χ1) is 10.6. The van der Waals surface area contributed by atoms with Crippen LogP contribution in [-0.2, 0) is 6.42 Å². The second kappa shape index (κ2) is 7.67. The van der Waals surface area contributed by atoms with Crippen LogP contribution in [0.25, 0.3) is 0 Å². The summed E-state index contributed by atoms with van der Waals surface area (Å²) in [6.07, 6.45) is 5.18. The molecule has 0 amide bonds. The first-order valence-electron chi connectivity index (χ1n) is 6.64. The maximum Gasteiger partial charge on any atom is 0.311 e. The lowest BCUT2D eigenvalue weighted by Gasteiger charge is -2.16. The van der Waals surface area contributed by atoms with Gasteiger partial charge in [0.05, 0.1) is 9.95 Å². The van der Waals surface area contributed by atoms with Crippen molar-refractivity contribution in [2.45, 2.75) is 6.42 Å². The van der Waals surface area contributed by atoms with Gasteiger partial charge in [-0.05, 0) is 24.1 Å². The van der Waals surface area contributed by atoms with E-state index >= 15 is 0 Å². The summed E-state index contributed by atoms with van der Waals surface area (Å²) in [5, 5.41) is 23.9. The van der Waals surface area contributed by atoms with E-state index in [1.165, 1.54) is 18.3 Å². The molecule has 0 aliphatic rings. The molecule has 0 saturated heterocycles. The minimum atomic E-state index is -0.497. The number of nitrogens with one attached hydrogen (secondary N) is 1. The SMILES string of the molecule is O=[N+]([O-])c1cccnc1NC[C@@H](CO)Cc1ccncc1Cl. The van der Waals surface area contributed by atoms with E-state index in [2.05, 4.69) is 15.3 Å². The van der Waals surface area contributed by atoms with Gasteiger partial charge in [0.1, 0.15) is 0 Å². The van der Waals surface area contributed by atoms with Crippen molar-refractivity contribution in [3.63, 3.8) is 0 Å². The number of halogens is 1. The predicted molar refractivity (Wildman–Crippen MR) is 82.9 cm³/mol. The summed E-state index contributed by atoms with van der Waals surface area (Å²) >= 11 is 6.04. The molecule has 1 atom stereocenters. The van der Waals surface area contributed by atoms with Crippen molar-refractivity contribution in [3.05, 3.63) is 57.5 Å². The van der Waals surface area contributed by atoms with Crippen molar-refractivity contribution in [2.75, 3.05) is 18.5 Å². The third kappa shape index (κ3) is 4.12. The fraction of sp³-hybridized carbons (Fsp3) is 0.286. The number of nitrogens with zero attached hydrogens (tertiary/aromatic N) is 3. The Bertz CT molecular complexity index is 653. The number of rotatable bonds is 7. The Kier molecular flexibility index (Phi) is 5.62. The van der Waals surface area contributed by atoms with Crippen LogP contribution in [0.4, 0.5) is 11.5 Å². The number of aromatic nitrogens is 2. The number of hydrogen-bond acceptors (Lipinski definition) is 6. The lowest BCUT2D eigenvalue weighted by molar-refractivity contribution is -0.384. The van der Waals surface area contributed by atoms with E-state index < -0.39 is 4.92 Å². The van der Waals surface area contributed by atoms with Gasteiger partial charge in [0.2, 0.25) is 5.82 Å². The smallest absolute Gasteiger partial charge is 0.311 e. The quantitative estimate of drug-likeness (QED) is 0.599. The van der Waals surface area contributed by atoms with Crippen LogP contribution in [0.5, 0.6) is 0 Å². The van der Waals surface area contributed by atoms with Gasteiger partial charge >= 0.3 is 5.69 Å². The first-order valence-corrected chi connectivity index (χ1v) is 7.02. The topological polar surface area (TPSA) is 101 Å². The zero-order valence-corrected chi connectivity index (χ0v) is 12.4. The number of aliphatic hydroxyl groups excluding tert-OH is 1. The normalized spacial score (nSPS) is 11.9. The highest BCUT2D eigenvalue weighted by Crippen LogP contribution is 2.22. The molecular weight excluding hydrogens is 308 g/mol. The van der Waals surface area contributed by atoms with Crippen molar-refractivity contribution in [1.29, 1.82) is 0 Å². The average molecular weight is 323 g/mol. The third-order valence-electron chi connectivity index (χ3n) is 3.16. The van der Waals surface area contributed by atoms with Gasteiger partial charge in [-0.15, -0.1) is 0 Å². The van der Waals surface area contributed by atoms with Crippen molar-refractivity contribution in [3.8, 4) is 0 Å². The molecule has 22 heavy (non-hydrogen) atoms. The molecule has 0 fully saturated rings. The van der Waals surface area contributed by atoms with E-state index in [4.69, 9.17) is 11.6 Å². The highest BCUT2D eigenvalue weighted by molar-refractivity contribution is 6.31. The standard InChI is InChI=1S/C14H15ClN4O3/c15-12-8-16-5-3-11(12)6-10(9-20)7-18-14-13(19(21)22)2-1-4-17-14/h1-5,8,10,20H,6-7,9H2,(H,17,18)/t10-/m0/s1. The third-order valence-corrected chi connectivity index (χ3v) is 3.50. The van der Waals surface area contributed by atoms with Gasteiger partial charge in [-0.2, -0.15) is 0 Å². The molecule has 0 saturated carbocycles. The van der Waals surface area contributed by atoms with Crippen LogP contribution >= 0.6 is 11.6 Å². The number of anilines is 1. The predicted octanol–water partition coefficient (Wildman–Crippen LogP) is 2.30. The molecule has 7 nitrogen and oxygen atoms in total. The Morgan fingerprint density at radius 2 is 2.23 bits per heavy atom. The van der Waals surface area contributed by atoms with E-state index in [1.807, 2.05) is 0 Å². The van der Waals surface area contributed by atoms with Crippen molar-refractivity contribution in [2.24, 2.45) is 5.92 Å². The molecule has 0 aliphatic heterocycles. The second-order valence-electron chi connectivity index (χ2n) is 4.73. The van der Waals surface area contributed by atoms with Gasteiger partial charge in [0.25, 0.3) is 0 Å². The maximum atomic E-state index is 10.9. The molecule has 2 aromatic rings. The van der Waals surface area contributed by atoms with Gasteiger partial charge in [0, 0.05) is 43.7 Å². The van der Waals surface area contributed by atoms with Crippen molar-refractivity contribution in [1.82, 2.24) is 9.97 Å². The Hall–Kier alpha value is -2.25. The van der Waals surface area contributed by atoms with Crippen LogP contribution in [0.2, 0.25) is 5.02 Å². The molecule has 0 aromatic carbocycles. The summed E-state index contributed by atoms with van der Waals surface area (Å²) in [4.78, 5) is 18.3. The first kappa shape index (κ1) is 16.1. The molecule has 2 rings (SSSR count). The van der Waals surface area contributed by atoms with Gasteiger partial charge in [-0.1, -0.05) is 11.6 Å². The van der Waals surface area contributed by atoms with Gasteiger partial charge in [-0.25, -0.2) is 4.98 Å². The second-order valence-corrected chi connectivity index (χ2v) is 5.14. The Balaban J connectivity index is 2.03. The highest BCUT2D eigenvalue weighted by Gasteiger charge is 2.16. The van der Waals surface area contributed by atoms with Gasteiger partial charge in [-0.3, -0.25) is 15.1 Å². The minimum absolute atomic E-state index is 0.0771. The summed E-state index contributed by atoms with van der Waals surface area (Å²) in [6, 6.07) is 4.67.